The molecule has 1 aromatic carbocycles. The van der Waals surface area contributed by atoms with Crippen LogP contribution in [0.25, 0.3) is 0 Å². The first-order chi connectivity index (χ1) is 15.1. The molecule has 172 valence electrons. The summed E-state index contributed by atoms with van der Waals surface area (Å²) in [6.07, 6.45) is 5.16. The van der Waals surface area contributed by atoms with Gasteiger partial charge in [-0.05, 0) is 36.0 Å². The van der Waals surface area contributed by atoms with Gasteiger partial charge in [0, 0.05) is 26.7 Å². The van der Waals surface area contributed by atoms with Crippen molar-refractivity contribution in [1.29, 1.82) is 0 Å². The molecule has 2 aliphatic heterocycles. The van der Waals surface area contributed by atoms with Crippen molar-refractivity contribution in [2.75, 3.05) is 33.4 Å². The summed E-state index contributed by atoms with van der Waals surface area (Å²) in [6, 6.07) is 3.72. The molecule has 0 radical (unpaired) electrons. The van der Waals surface area contributed by atoms with E-state index in [0.717, 1.165) is 12.0 Å². The van der Waals surface area contributed by atoms with Gasteiger partial charge in [0.25, 0.3) is 0 Å². The van der Waals surface area contributed by atoms with Crippen molar-refractivity contribution in [2.45, 2.75) is 13.0 Å². The van der Waals surface area contributed by atoms with Crippen LogP contribution in [0.5, 0.6) is 11.5 Å². The van der Waals surface area contributed by atoms with Crippen LogP contribution in [-0.2, 0) is 16.1 Å². The fourth-order valence-corrected chi connectivity index (χ4v) is 5.43. The first-order valence-corrected chi connectivity index (χ1v) is 11.0. The summed E-state index contributed by atoms with van der Waals surface area (Å²) in [5, 5.41) is 6.90. The molecule has 1 saturated carbocycles. The van der Waals surface area contributed by atoms with E-state index in [1.165, 1.54) is 4.90 Å². The Morgan fingerprint density at radius 3 is 2.50 bits per heavy atom. The van der Waals surface area contributed by atoms with Gasteiger partial charge in [-0.2, -0.15) is 0 Å². The molecule has 2 amide bonds. The fourth-order valence-electron chi connectivity index (χ4n) is 5.14. The number of hydrogen-bond donors (Lipinski definition) is 2. The summed E-state index contributed by atoms with van der Waals surface area (Å²) in [4.78, 5) is 31.1. The highest BCUT2D eigenvalue weighted by Gasteiger charge is 2.58. The van der Waals surface area contributed by atoms with Crippen molar-refractivity contribution in [3.8, 4) is 11.5 Å². The molecule has 0 spiro atoms. The highest BCUT2D eigenvalue weighted by molar-refractivity contribution is 14.0. The van der Waals surface area contributed by atoms with E-state index in [4.69, 9.17) is 21.1 Å². The summed E-state index contributed by atoms with van der Waals surface area (Å²) in [5.74, 6) is 1.90. The zero-order chi connectivity index (χ0) is 21.5. The van der Waals surface area contributed by atoms with Gasteiger partial charge in [0.15, 0.2) is 17.5 Å². The number of nitrogens with zero attached hydrogens (tertiary/aromatic N) is 2. The zero-order valence-corrected chi connectivity index (χ0v) is 20.8. The van der Waals surface area contributed by atoms with E-state index in [2.05, 4.69) is 27.8 Å². The van der Waals surface area contributed by atoms with Gasteiger partial charge < -0.3 is 20.1 Å². The molecule has 2 N–H and O–H groups in total. The van der Waals surface area contributed by atoms with Gasteiger partial charge >= 0.3 is 0 Å². The van der Waals surface area contributed by atoms with Crippen molar-refractivity contribution in [3.05, 3.63) is 34.9 Å². The average molecular weight is 573 g/mol. The monoisotopic (exact) mass is 572 g/mol. The Hall–Kier alpha value is -2.01. The van der Waals surface area contributed by atoms with E-state index < -0.39 is 0 Å². The Labute approximate surface area is 208 Å². The summed E-state index contributed by atoms with van der Waals surface area (Å²) in [7, 11) is 1.67. The Bertz CT molecular complexity index is 955. The van der Waals surface area contributed by atoms with Gasteiger partial charge in [-0.1, -0.05) is 23.8 Å². The average Bonchev–Trinajstić information content (AvgIpc) is 3.45. The molecule has 4 atom stereocenters. The van der Waals surface area contributed by atoms with E-state index in [-0.39, 0.29) is 59.5 Å². The molecule has 4 unspecified atom stereocenters. The zero-order valence-electron chi connectivity index (χ0n) is 17.7. The number of aliphatic imine (C=N–C) groups is 1. The number of guanidine groups is 1. The lowest BCUT2D eigenvalue weighted by atomic mass is 9.85. The molecule has 5 rings (SSSR count). The molecule has 2 bridgehead atoms. The van der Waals surface area contributed by atoms with Crippen LogP contribution in [0.1, 0.15) is 12.0 Å². The molecule has 2 aliphatic carbocycles. The first-order valence-electron chi connectivity index (χ1n) is 10.6. The van der Waals surface area contributed by atoms with Crippen molar-refractivity contribution in [3.63, 3.8) is 0 Å². The maximum Gasteiger partial charge on any atom is 0.233 e. The van der Waals surface area contributed by atoms with E-state index in [1.807, 2.05) is 12.1 Å². The molecule has 1 saturated heterocycles. The molecular weight excluding hydrogens is 547 g/mol. The van der Waals surface area contributed by atoms with Crippen molar-refractivity contribution >= 4 is 53.4 Å². The molecule has 10 heteroatoms. The van der Waals surface area contributed by atoms with E-state index in [9.17, 15) is 9.59 Å². The number of rotatable bonds is 5. The van der Waals surface area contributed by atoms with Crippen molar-refractivity contribution in [1.82, 2.24) is 15.5 Å². The van der Waals surface area contributed by atoms with Gasteiger partial charge in [-0.25, -0.2) is 0 Å². The largest absolute Gasteiger partial charge is 0.486 e. The molecule has 8 nitrogen and oxygen atoms in total. The summed E-state index contributed by atoms with van der Waals surface area (Å²) in [6.45, 7) is 2.23. The highest BCUT2D eigenvalue weighted by atomic mass is 127. The Morgan fingerprint density at radius 1 is 1.12 bits per heavy atom. The van der Waals surface area contributed by atoms with Crippen LogP contribution in [-0.4, -0.2) is 56.0 Å². The number of nitrogens with one attached hydrogen (secondary N) is 2. The van der Waals surface area contributed by atoms with Crippen LogP contribution in [0.3, 0.4) is 0 Å². The SMILES string of the molecule is CN=C(NCCN1C(=O)C2C3C=CC(C3)C2C1=O)NCc1cc(Cl)c2c(c1)OCCO2.I. The third-order valence-electron chi connectivity index (χ3n) is 6.53. The summed E-state index contributed by atoms with van der Waals surface area (Å²) in [5.41, 5.74) is 0.929. The van der Waals surface area contributed by atoms with Gasteiger partial charge in [-0.3, -0.25) is 19.5 Å². The van der Waals surface area contributed by atoms with Crippen LogP contribution >= 0.6 is 35.6 Å². The standard InChI is InChI=1S/C22H25ClN4O4.HI/c1-24-22(26-11-12-8-15(23)19-16(9-12)30-6-7-31-19)25-4-5-27-20(28)17-13-2-3-14(10-13)18(17)21(27)29;/h2-3,8-9,13-14,17-18H,4-7,10-11H2,1H3,(H2,24,25,26);1H. The van der Waals surface area contributed by atoms with E-state index >= 15 is 0 Å². The molecular formula is C22H26ClIN4O4. The minimum absolute atomic E-state index is 0. The van der Waals surface area contributed by atoms with Gasteiger partial charge in [-0.15, -0.1) is 24.0 Å². The third-order valence-corrected chi connectivity index (χ3v) is 6.81. The topological polar surface area (TPSA) is 92.3 Å². The minimum atomic E-state index is -0.153. The lowest BCUT2D eigenvalue weighted by Gasteiger charge is -2.21. The molecule has 2 fully saturated rings. The summed E-state index contributed by atoms with van der Waals surface area (Å²) < 4.78 is 11.2. The second-order valence-corrected chi connectivity index (χ2v) is 8.69. The smallest absolute Gasteiger partial charge is 0.233 e. The quantitative estimate of drug-likeness (QED) is 0.185. The molecule has 1 aromatic rings. The number of benzene rings is 1. The predicted molar refractivity (Wildman–Crippen MR) is 130 cm³/mol. The van der Waals surface area contributed by atoms with Crippen LogP contribution in [0.15, 0.2) is 29.3 Å². The van der Waals surface area contributed by atoms with Gasteiger partial charge in [0.2, 0.25) is 11.8 Å². The number of fused-ring (bicyclic) bond motifs is 6. The molecule has 32 heavy (non-hydrogen) atoms. The van der Waals surface area contributed by atoms with Gasteiger partial charge in [0.1, 0.15) is 13.2 Å². The number of imide groups is 1. The number of hydrogen-bond acceptors (Lipinski definition) is 5. The number of ether oxygens (including phenoxy) is 2. The van der Waals surface area contributed by atoms with E-state index in [1.54, 1.807) is 7.05 Å². The number of likely N-dealkylation sites (tertiary alicyclic amines) is 1. The minimum Gasteiger partial charge on any atom is -0.486 e. The molecule has 0 aromatic heterocycles. The predicted octanol–water partition coefficient (Wildman–Crippen LogP) is 2.20. The number of carbonyl (C=O) groups excluding carboxylic acids is 2. The highest BCUT2D eigenvalue weighted by Crippen LogP contribution is 2.52. The normalized spacial score (nSPS) is 27.4. The fraction of sp³-hybridized carbons (Fsp3) is 0.500. The Balaban J connectivity index is 0.00000245. The lowest BCUT2D eigenvalue weighted by Crippen LogP contribution is -2.43. The van der Waals surface area contributed by atoms with Crippen LogP contribution < -0.4 is 20.1 Å². The lowest BCUT2D eigenvalue weighted by molar-refractivity contribution is -0.140. The second kappa shape index (κ2) is 9.46. The van der Waals surface area contributed by atoms with E-state index in [0.29, 0.717) is 55.3 Å². The maximum absolute atomic E-state index is 12.8. The Kier molecular flexibility index (Phi) is 6.85. The number of amides is 2. The number of carbonyl (C=O) groups is 2. The van der Waals surface area contributed by atoms with Crippen LogP contribution in [0.2, 0.25) is 5.02 Å². The molecule has 4 aliphatic rings. The van der Waals surface area contributed by atoms with Crippen molar-refractivity contribution < 1.29 is 19.1 Å². The third kappa shape index (κ3) is 4.05. The van der Waals surface area contributed by atoms with Gasteiger partial charge in [0.05, 0.1) is 16.9 Å². The number of halogens is 2. The second-order valence-electron chi connectivity index (χ2n) is 8.28. The Morgan fingerprint density at radius 2 is 1.81 bits per heavy atom. The molecule has 2 heterocycles. The van der Waals surface area contributed by atoms with Crippen LogP contribution in [0.4, 0.5) is 0 Å². The van der Waals surface area contributed by atoms with Crippen molar-refractivity contribution in [2.24, 2.45) is 28.7 Å². The number of allylic oxidation sites excluding steroid dienone is 2. The van der Waals surface area contributed by atoms with Crippen LogP contribution in [0, 0.1) is 23.7 Å². The first kappa shape index (κ1) is 23.2. The summed E-state index contributed by atoms with van der Waals surface area (Å²) >= 11 is 6.29. The maximum atomic E-state index is 12.8.